The van der Waals surface area contributed by atoms with Gasteiger partial charge in [-0.1, -0.05) is 13.8 Å². The highest BCUT2D eigenvalue weighted by atomic mass is 16.5. The van der Waals surface area contributed by atoms with Crippen LogP contribution in [0.2, 0.25) is 0 Å². The largest absolute Gasteiger partial charge is 0.367 e. The number of carbonyl (C=O) groups is 1. The van der Waals surface area contributed by atoms with E-state index in [2.05, 4.69) is 46.4 Å². The topological polar surface area (TPSA) is 29.5 Å². The normalized spacial score (nSPS) is 37.9. The van der Waals surface area contributed by atoms with Gasteiger partial charge in [0.15, 0.2) is 0 Å². The van der Waals surface area contributed by atoms with Gasteiger partial charge in [-0.3, -0.25) is 9.69 Å². The Kier molecular flexibility index (Phi) is 4.32. The first-order valence-corrected chi connectivity index (χ1v) is 8.03. The number of hydrogen-bond acceptors (Lipinski definition) is 3. The van der Waals surface area contributed by atoms with E-state index in [4.69, 9.17) is 4.74 Å². The molecular weight excluding hydrogens is 250 g/mol. The smallest absolute Gasteiger partial charge is 0.137 e. The number of carbonyl (C=O) groups excluding carboxylic acids is 1. The van der Waals surface area contributed by atoms with Gasteiger partial charge in [-0.2, -0.15) is 0 Å². The van der Waals surface area contributed by atoms with E-state index in [0.717, 1.165) is 26.1 Å². The molecular formula is C17H31NO2. The van der Waals surface area contributed by atoms with Gasteiger partial charge >= 0.3 is 0 Å². The molecule has 3 unspecified atom stereocenters. The average molecular weight is 281 g/mol. The summed E-state index contributed by atoms with van der Waals surface area (Å²) in [7, 11) is 0. The highest BCUT2D eigenvalue weighted by molar-refractivity contribution is 5.82. The van der Waals surface area contributed by atoms with E-state index in [-0.39, 0.29) is 17.1 Å². The molecule has 1 aliphatic carbocycles. The van der Waals surface area contributed by atoms with Crippen molar-refractivity contribution in [1.82, 2.24) is 4.90 Å². The minimum absolute atomic E-state index is 0.129. The Labute approximate surface area is 124 Å². The zero-order chi connectivity index (χ0) is 15.1. The van der Waals surface area contributed by atoms with Crippen molar-refractivity contribution in [2.75, 3.05) is 19.6 Å². The Hall–Kier alpha value is -0.410. The van der Waals surface area contributed by atoms with Crippen molar-refractivity contribution in [2.45, 2.75) is 65.6 Å². The summed E-state index contributed by atoms with van der Waals surface area (Å²) >= 11 is 0. The Morgan fingerprint density at radius 2 is 1.70 bits per heavy atom. The maximum absolute atomic E-state index is 12.4. The number of Topliss-reactive ketones (excluding diaryl/α,β-unsaturated/α-hetero) is 1. The van der Waals surface area contributed by atoms with Gasteiger partial charge in [-0.25, -0.2) is 0 Å². The third kappa shape index (κ3) is 3.82. The maximum atomic E-state index is 12.4. The van der Waals surface area contributed by atoms with Crippen LogP contribution in [0.3, 0.4) is 0 Å². The zero-order valence-corrected chi connectivity index (χ0v) is 14.0. The number of hydrogen-bond donors (Lipinski definition) is 0. The molecule has 2 aliphatic rings. The number of morpholine rings is 1. The summed E-state index contributed by atoms with van der Waals surface area (Å²) < 4.78 is 6.12. The van der Waals surface area contributed by atoms with Gasteiger partial charge in [-0.15, -0.1) is 0 Å². The first-order chi connectivity index (χ1) is 9.08. The third-order valence-electron chi connectivity index (χ3n) is 4.64. The minimum atomic E-state index is -0.129. The van der Waals surface area contributed by atoms with E-state index < -0.39 is 0 Å². The fourth-order valence-corrected chi connectivity index (χ4v) is 4.33. The molecule has 116 valence electrons. The lowest BCUT2D eigenvalue weighted by Gasteiger charge is -2.48. The Morgan fingerprint density at radius 3 is 2.20 bits per heavy atom. The zero-order valence-electron chi connectivity index (χ0n) is 14.0. The molecule has 1 saturated carbocycles. The molecule has 0 amide bonds. The number of nitrogens with zero attached hydrogens (tertiary/aromatic N) is 1. The molecule has 3 heteroatoms. The monoisotopic (exact) mass is 281 g/mol. The summed E-state index contributed by atoms with van der Waals surface area (Å²) in [6.07, 6.45) is 1.96. The standard InChI is InChI=1S/C17H31NO2/c1-12-7-13(2)14(15(19)8-12)9-18-10-16(3,4)20-17(5,6)11-18/h12-14H,7-11H2,1-6H3. The van der Waals surface area contributed by atoms with Crippen LogP contribution in [-0.2, 0) is 9.53 Å². The van der Waals surface area contributed by atoms with Crippen molar-refractivity contribution in [3.63, 3.8) is 0 Å². The molecule has 0 aromatic carbocycles. The van der Waals surface area contributed by atoms with E-state index in [0.29, 0.717) is 17.6 Å². The first-order valence-electron chi connectivity index (χ1n) is 8.03. The number of rotatable bonds is 2. The van der Waals surface area contributed by atoms with Crippen LogP contribution in [0.15, 0.2) is 0 Å². The average Bonchev–Trinajstić information content (AvgIpc) is 2.18. The second kappa shape index (κ2) is 5.42. The first kappa shape index (κ1) is 16.0. The van der Waals surface area contributed by atoms with E-state index >= 15 is 0 Å². The molecule has 1 aliphatic heterocycles. The van der Waals surface area contributed by atoms with Gasteiger partial charge in [0, 0.05) is 32.0 Å². The van der Waals surface area contributed by atoms with Crippen molar-refractivity contribution in [3.8, 4) is 0 Å². The molecule has 20 heavy (non-hydrogen) atoms. The Bertz CT molecular complexity index is 359. The lowest BCUT2D eigenvalue weighted by Crippen LogP contribution is -2.58. The van der Waals surface area contributed by atoms with Crippen LogP contribution in [0.4, 0.5) is 0 Å². The van der Waals surface area contributed by atoms with Gasteiger partial charge in [0.1, 0.15) is 5.78 Å². The molecule has 0 bridgehead atoms. The quantitative estimate of drug-likeness (QED) is 0.779. The summed E-state index contributed by atoms with van der Waals surface area (Å²) in [6, 6.07) is 0. The maximum Gasteiger partial charge on any atom is 0.137 e. The summed E-state index contributed by atoms with van der Waals surface area (Å²) in [4.78, 5) is 14.8. The van der Waals surface area contributed by atoms with Crippen LogP contribution >= 0.6 is 0 Å². The van der Waals surface area contributed by atoms with Crippen molar-refractivity contribution in [2.24, 2.45) is 17.8 Å². The predicted octanol–water partition coefficient (Wildman–Crippen LogP) is 3.13. The molecule has 3 atom stereocenters. The lowest BCUT2D eigenvalue weighted by atomic mass is 9.74. The molecule has 1 heterocycles. The van der Waals surface area contributed by atoms with Gasteiger partial charge < -0.3 is 4.74 Å². The number of ketones is 1. The highest BCUT2D eigenvalue weighted by Gasteiger charge is 2.41. The second-order valence-corrected chi connectivity index (χ2v) is 8.39. The second-order valence-electron chi connectivity index (χ2n) is 8.39. The molecule has 3 nitrogen and oxygen atoms in total. The molecule has 0 N–H and O–H groups in total. The van der Waals surface area contributed by atoms with Gasteiger partial charge in [0.05, 0.1) is 11.2 Å². The predicted molar refractivity (Wildman–Crippen MR) is 81.7 cm³/mol. The molecule has 0 radical (unpaired) electrons. The Morgan fingerprint density at radius 1 is 1.15 bits per heavy atom. The highest BCUT2D eigenvalue weighted by Crippen LogP contribution is 2.34. The third-order valence-corrected chi connectivity index (χ3v) is 4.64. The number of ether oxygens (including phenoxy) is 1. The fraction of sp³-hybridized carbons (Fsp3) is 0.941. The van der Waals surface area contributed by atoms with Crippen LogP contribution in [0.25, 0.3) is 0 Å². The van der Waals surface area contributed by atoms with Crippen molar-refractivity contribution < 1.29 is 9.53 Å². The van der Waals surface area contributed by atoms with Crippen molar-refractivity contribution in [1.29, 1.82) is 0 Å². The molecule has 2 fully saturated rings. The minimum Gasteiger partial charge on any atom is -0.367 e. The van der Waals surface area contributed by atoms with E-state index in [1.807, 2.05) is 0 Å². The molecule has 1 saturated heterocycles. The van der Waals surface area contributed by atoms with Crippen LogP contribution < -0.4 is 0 Å². The lowest BCUT2D eigenvalue weighted by molar-refractivity contribution is -0.184. The molecule has 0 aromatic heterocycles. The van der Waals surface area contributed by atoms with E-state index in [1.54, 1.807) is 0 Å². The summed E-state index contributed by atoms with van der Waals surface area (Å²) in [5.74, 6) is 1.76. The van der Waals surface area contributed by atoms with Gasteiger partial charge in [0.2, 0.25) is 0 Å². The van der Waals surface area contributed by atoms with Gasteiger partial charge in [-0.05, 0) is 46.0 Å². The van der Waals surface area contributed by atoms with Crippen LogP contribution in [0.5, 0.6) is 0 Å². The van der Waals surface area contributed by atoms with Crippen LogP contribution in [0.1, 0.15) is 54.4 Å². The van der Waals surface area contributed by atoms with Crippen LogP contribution in [-0.4, -0.2) is 41.5 Å². The van der Waals surface area contributed by atoms with E-state index in [1.165, 1.54) is 6.42 Å². The van der Waals surface area contributed by atoms with E-state index in [9.17, 15) is 4.79 Å². The Balaban J connectivity index is 2.03. The van der Waals surface area contributed by atoms with Crippen molar-refractivity contribution >= 4 is 5.78 Å². The molecule has 0 aromatic rings. The molecule has 0 spiro atoms. The van der Waals surface area contributed by atoms with Crippen LogP contribution in [0, 0.1) is 17.8 Å². The summed E-state index contributed by atoms with van der Waals surface area (Å²) in [5, 5.41) is 0. The fourth-order valence-electron chi connectivity index (χ4n) is 4.33. The summed E-state index contributed by atoms with van der Waals surface area (Å²) in [6.45, 7) is 15.8. The van der Waals surface area contributed by atoms with Crippen molar-refractivity contribution in [3.05, 3.63) is 0 Å². The summed E-state index contributed by atoms with van der Waals surface area (Å²) in [5.41, 5.74) is -0.258. The molecule has 2 rings (SSSR count). The van der Waals surface area contributed by atoms with Gasteiger partial charge in [0.25, 0.3) is 0 Å². The SMILES string of the molecule is CC1CC(=O)C(CN2CC(C)(C)OC(C)(C)C2)C(C)C1.